The van der Waals surface area contributed by atoms with Gasteiger partial charge in [-0.15, -0.1) is 24.0 Å². The lowest BCUT2D eigenvalue weighted by molar-refractivity contribution is -0.168. The van der Waals surface area contributed by atoms with E-state index in [-0.39, 0.29) is 41.8 Å². The Kier molecular flexibility index (Phi) is 8.55. The molecule has 2 atom stereocenters. The Morgan fingerprint density at radius 3 is 2.57 bits per heavy atom. The normalized spacial score (nSPS) is 22.5. The second kappa shape index (κ2) is 10.4. The molecule has 0 aromatic heterocycles. The number of hydrogen-bond donors (Lipinski definition) is 2. The number of rotatable bonds is 7. The first-order chi connectivity index (χ1) is 13.0. The third-order valence-corrected chi connectivity index (χ3v) is 5.92. The summed E-state index contributed by atoms with van der Waals surface area (Å²) in [7, 11) is 3.53. The van der Waals surface area contributed by atoms with Gasteiger partial charge in [0, 0.05) is 32.2 Å². The van der Waals surface area contributed by atoms with Crippen molar-refractivity contribution in [2.45, 2.75) is 51.3 Å². The molecule has 2 fully saturated rings. The van der Waals surface area contributed by atoms with Gasteiger partial charge in [-0.3, -0.25) is 4.79 Å². The fraction of sp³-hybridized carbons (Fsp3) is 0.619. The van der Waals surface area contributed by atoms with Crippen LogP contribution in [0.15, 0.2) is 35.3 Å². The van der Waals surface area contributed by atoms with Crippen LogP contribution >= 0.6 is 24.0 Å². The van der Waals surface area contributed by atoms with Crippen LogP contribution in [-0.2, 0) is 16.1 Å². The van der Waals surface area contributed by atoms with E-state index in [1.165, 1.54) is 19.3 Å². The van der Waals surface area contributed by atoms with E-state index in [0.29, 0.717) is 24.7 Å². The standard InChI is InChI=1S/C21H32N4O2.HI/c1-4-27-18-13-17(21(18)11-8-12-21)24-20(23-15-19(26)25(2)3)22-14-16-9-6-5-7-10-16;/h5-7,9-10,17-18H,4,8,11-15H2,1-3H3,(H2,22,23,24);1H. The van der Waals surface area contributed by atoms with Crippen LogP contribution in [0, 0.1) is 5.41 Å². The van der Waals surface area contributed by atoms with Crippen molar-refractivity contribution in [3.05, 3.63) is 35.9 Å². The lowest BCUT2D eigenvalue weighted by Crippen LogP contribution is -2.68. The Labute approximate surface area is 185 Å². The molecule has 2 unspecified atom stereocenters. The van der Waals surface area contributed by atoms with Crippen molar-refractivity contribution in [3.63, 3.8) is 0 Å². The predicted molar refractivity (Wildman–Crippen MR) is 123 cm³/mol. The van der Waals surface area contributed by atoms with Gasteiger partial charge < -0.3 is 20.3 Å². The Balaban J connectivity index is 0.00000280. The fourth-order valence-electron chi connectivity index (χ4n) is 4.03. The Bertz CT molecular complexity index is 662. The molecule has 0 saturated heterocycles. The van der Waals surface area contributed by atoms with Gasteiger partial charge in [-0.2, -0.15) is 0 Å². The molecular formula is C21H33IN4O2. The van der Waals surface area contributed by atoms with Crippen molar-refractivity contribution in [2.75, 3.05) is 27.2 Å². The molecule has 0 heterocycles. The van der Waals surface area contributed by atoms with Crippen molar-refractivity contribution in [3.8, 4) is 0 Å². The van der Waals surface area contributed by atoms with Crippen LogP contribution in [0.3, 0.4) is 0 Å². The molecular weight excluding hydrogens is 467 g/mol. The van der Waals surface area contributed by atoms with Gasteiger partial charge in [0.05, 0.1) is 19.2 Å². The third-order valence-electron chi connectivity index (χ3n) is 5.92. The number of benzene rings is 1. The summed E-state index contributed by atoms with van der Waals surface area (Å²) in [5, 5.41) is 6.80. The van der Waals surface area contributed by atoms with Crippen LogP contribution in [-0.4, -0.2) is 56.2 Å². The zero-order chi connectivity index (χ0) is 19.3. The first kappa shape index (κ1) is 22.9. The lowest BCUT2D eigenvalue weighted by atomic mass is 9.51. The van der Waals surface area contributed by atoms with Crippen molar-refractivity contribution < 1.29 is 9.53 Å². The Hall–Kier alpha value is -1.35. The number of ether oxygens (including phenoxy) is 1. The summed E-state index contributed by atoms with van der Waals surface area (Å²) in [6.07, 6.45) is 5.04. The highest BCUT2D eigenvalue weighted by atomic mass is 127. The summed E-state index contributed by atoms with van der Waals surface area (Å²) in [4.78, 5) is 18.3. The van der Waals surface area contributed by atoms with Crippen LogP contribution in [0.5, 0.6) is 0 Å². The van der Waals surface area contributed by atoms with E-state index in [2.05, 4.69) is 29.7 Å². The highest BCUT2D eigenvalue weighted by Gasteiger charge is 2.59. The summed E-state index contributed by atoms with van der Waals surface area (Å²) in [6, 6.07) is 10.5. The van der Waals surface area contributed by atoms with Crippen molar-refractivity contribution in [2.24, 2.45) is 10.4 Å². The van der Waals surface area contributed by atoms with Crippen LogP contribution in [0.1, 0.15) is 38.2 Å². The number of likely N-dealkylation sites (N-methyl/N-ethyl adjacent to an activating group) is 1. The molecule has 3 rings (SSSR count). The molecule has 0 radical (unpaired) electrons. The van der Waals surface area contributed by atoms with Crippen LogP contribution in [0.4, 0.5) is 0 Å². The van der Waals surface area contributed by atoms with E-state index in [1.54, 1.807) is 19.0 Å². The van der Waals surface area contributed by atoms with Gasteiger partial charge in [0.2, 0.25) is 5.91 Å². The van der Waals surface area contributed by atoms with Crippen molar-refractivity contribution in [1.29, 1.82) is 0 Å². The predicted octanol–water partition coefficient (Wildman–Crippen LogP) is 2.78. The maximum absolute atomic E-state index is 12.0. The van der Waals surface area contributed by atoms with Gasteiger partial charge in [-0.1, -0.05) is 36.8 Å². The number of halogens is 1. The van der Waals surface area contributed by atoms with Gasteiger partial charge in [-0.25, -0.2) is 4.99 Å². The molecule has 1 spiro atoms. The quantitative estimate of drug-likeness (QED) is 0.344. The number of guanidine groups is 1. The monoisotopic (exact) mass is 500 g/mol. The molecule has 156 valence electrons. The van der Waals surface area contributed by atoms with E-state index in [1.807, 2.05) is 18.2 Å². The molecule has 0 aliphatic heterocycles. The molecule has 1 aromatic rings. The first-order valence-corrected chi connectivity index (χ1v) is 9.95. The number of nitrogens with zero attached hydrogens (tertiary/aromatic N) is 2. The molecule has 7 heteroatoms. The molecule has 0 bridgehead atoms. The zero-order valence-electron chi connectivity index (χ0n) is 17.1. The Morgan fingerprint density at radius 2 is 2.00 bits per heavy atom. The van der Waals surface area contributed by atoms with Crippen molar-refractivity contribution in [1.82, 2.24) is 15.5 Å². The SMILES string of the molecule is CCOC1CC(NC(=NCc2ccccc2)NCC(=O)N(C)C)C12CCC2.I. The molecule has 6 nitrogen and oxygen atoms in total. The lowest BCUT2D eigenvalue weighted by Gasteiger charge is -2.61. The number of hydrogen-bond acceptors (Lipinski definition) is 3. The van der Waals surface area contributed by atoms with Crippen LogP contribution in [0.25, 0.3) is 0 Å². The highest BCUT2D eigenvalue weighted by Crippen LogP contribution is 2.57. The fourth-order valence-corrected chi connectivity index (χ4v) is 4.03. The van der Waals surface area contributed by atoms with Crippen LogP contribution < -0.4 is 10.6 Å². The number of amides is 1. The summed E-state index contributed by atoms with van der Waals surface area (Å²) in [5.74, 6) is 0.739. The second-order valence-electron chi connectivity index (χ2n) is 7.76. The zero-order valence-corrected chi connectivity index (χ0v) is 19.4. The van der Waals surface area contributed by atoms with Crippen LogP contribution in [0.2, 0.25) is 0 Å². The first-order valence-electron chi connectivity index (χ1n) is 9.95. The molecule has 2 aliphatic rings. The minimum Gasteiger partial charge on any atom is -0.378 e. The molecule has 1 aromatic carbocycles. The number of nitrogens with one attached hydrogen (secondary N) is 2. The smallest absolute Gasteiger partial charge is 0.241 e. The van der Waals surface area contributed by atoms with Crippen molar-refractivity contribution >= 4 is 35.8 Å². The largest absolute Gasteiger partial charge is 0.378 e. The van der Waals surface area contributed by atoms with Gasteiger partial charge in [0.15, 0.2) is 5.96 Å². The van der Waals surface area contributed by atoms with E-state index in [4.69, 9.17) is 9.73 Å². The summed E-state index contributed by atoms with van der Waals surface area (Å²) in [5.41, 5.74) is 1.40. The maximum atomic E-state index is 12.0. The number of carbonyl (C=O) groups is 1. The minimum atomic E-state index is 0. The average molecular weight is 500 g/mol. The molecule has 1 amide bonds. The molecule has 28 heavy (non-hydrogen) atoms. The molecule has 2 aliphatic carbocycles. The average Bonchev–Trinajstić information content (AvgIpc) is 2.61. The van der Waals surface area contributed by atoms with E-state index in [9.17, 15) is 4.79 Å². The van der Waals surface area contributed by atoms with E-state index < -0.39 is 0 Å². The minimum absolute atomic E-state index is 0. The van der Waals surface area contributed by atoms with Gasteiger partial charge in [-0.05, 0) is 31.7 Å². The maximum Gasteiger partial charge on any atom is 0.241 e. The summed E-state index contributed by atoms with van der Waals surface area (Å²) >= 11 is 0. The van der Waals surface area contributed by atoms with Gasteiger partial charge in [0.25, 0.3) is 0 Å². The molecule has 2 N–H and O–H groups in total. The number of aliphatic imine (C=N–C) groups is 1. The summed E-state index contributed by atoms with van der Waals surface area (Å²) in [6.45, 7) is 3.65. The van der Waals surface area contributed by atoms with E-state index >= 15 is 0 Å². The summed E-state index contributed by atoms with van der Waals surface area (Å²) < 4.78 is 5.95. The van der Waals surface area contributed by atoms with Gasteiger partial charge in [0.1, 0.15) is 0 Å². The highest BCUT2D eigenvalue weighted by molar-refractivity contribution is 14.0. The van der Waals surface area contributed by atoms with E-state index in [0.717, 1.165) is 18.6 Å². The van der Waals surface area contributed by atoms with Gasteiger partial charge >= 0.3 is 0 Å². The third kappa shape index (κ3) is 5.17. The molecule has 2 saturated carbocycles. The number of carbonyl (C=O) groups excluding carboxylic acids is 1. The second-order valence-corrected chi connectivity index (χ2v) is 7.76. The topological polar surface area (TPSA) is 66.0 Å². The Morgan fingerprint density at radius 1 is 1.29 bits per heavy atom.